The van der Waals surface area contributed by atoms with Crippen LogP contribution in [0.3, 0.4) is 0 Å². The molecule has 0 amide bonds. The van der Waals surface area contributed by atoms with Gasteiger partial charge in [0.2, 0.25) is 0 Å². The Bertz CT molecular complexity index is 789. The number of halogens is 3. The maximum absolute atomic E-state index is 16.1. The molecule has 0 unspecified atom stereocenters. The first-order valence-corrected chi connectivity index (χ1v) is 31.6. The van der Waals surface area contributed by atoms with E-state index in [1.54, 1.807) is 7.11 Å². The number of allylic oxidation sites excluding steroid dienone is 1. The third-order valence-electron chi connectivity index (χ3n) is 9.03. The minimum absolute atomic E-state index is 0.126. The zero-order valence-corrected chi connectivity index (χ0v) is 32.8. The molecular formula is C34H61F3OSn2. The molecule has 0 bridgehead atoms. The second-order valence-electron chi connectivity index (χ2n) is 12.2. The third kappa shape index (κ3) is 11.3. The average molecular weight is 780 g/mol. The van der Waals surface area contributed by atoms with E-state index in [0.29, 0.717) is 0 Å². The number of hydrogen-bond acceptors (Lipinski definition) is 1. The molecule has 1 aromatic carbocycles. The first kappa shape index (κ1) is 38.2. The monoisotopic (exact) mass is 782 g/mol. The molecule has 6 heteroatoms. The number of methoxy groups -OCH3 is 1. The molecule has 0 saturated heterocycles. The Balaban J connectivity index is 4.39. The molecule has 0 N–H and O–H groups in total. The van der Waals surface area contributed by atoms with Gasteiger partial charge in [0.25, 0.3) is 0 Å². The van der Waals surface area contributed by atoms with Gasteiger partial charge in [-0.05, 0) is 0 Å². The summed E-state index contributed by atoms with van der Waals surface area (Å²) >= 11 is -7.42. The third-order valence-corrected chi connectivity index (χ3v) is 42.6. The van der Waals surface area contributed by atoms with Crippen LogP contribution in [0, 0.1) is 0 Å². The van der Waals surface area contributed by atoms with E-state index < -0.39 is 42.9 Å². The van der Waals surface area contributed by atoms with E-state index in [4.69, 9.17) is 4.74 Å². The van der Waals surface area contributed by atoms with Crippen molar-refractivity contribution in [2.24, 2.45) is 0 Å². The zero-order chi connectivity index (χ0) is 30.1. The Morgan fingerprint density at radius 3 is 1.18 bits per heavy atom. The quantitative estimate of drug-likeness (QED) is 0.107. The number of rotatable bonds is 22. The van der Waals surface area contributed by atoms with Gasteiger partial charge in [-0.15, -0.1) is 0 Å². The fourth-order valence-electron chi connectivity index (χ4n) is 6.77. The van der Waals surface area contributed by atoms with E-state index in [-0.39, 0.29) is 3.59 Å². The molecule has 1 aromatic rings. The fourth-order valence-corrected chi connectivity index (χ4v) is 50.9. The summed E-state index contributed by atoms with van der Waals surface area (Å²) in [6.07, 6.45) is 7.91. The molecule has 0 spiro atoms. The second-order valence-corrected chi connectivity index (χ2v) is 38.2. The molecule has 0 aliphatic carbocycles. The van der Waals surface area contributed by atoms with Gasteiger partial charge < -0.3 is 0 Å². The van der Waals surface area contributed by atoms with E-state index in [2.05, 4.69) is 41.5 Å². The summed E-state index contributed by atoms with van der Waals surface area (Å²) in [6, 6.07) is 7.85. The van der Waals surface area contributed by atoms with Crippen LogP contribution >= 0.6 is 0 Å². The SMILES string of the molecule is CCC[CH2][Sn]([CH2]CCC)([CH2]CCC)/[C](=[C](\C(F)(F)F)[Sn]([CH2]CCC)([CH2]CCC)[CH2]CCC)c1ccc(OC)cc1. The van der Waals surface area contributed by atoms with E-state index in [9.17, 15) is 0 Å². The van der Waals surface area contributed by atoms with E-state index >= 15 is 13.2 Å². The zero-order valence-electron chi connectivity index (χ0n) is 27.1. The van der Waals surface area contributed by atoms with Crippen LogP contribution < -0.4 is 4.74 Å². The summed E-state index contributed by atoms with van der Waals surface area (Å²) in [5.41, 5.74) is 0.901. The first-order chi connectivity index (χ1) is 19.1. The summed E-state index contributed by atoms with van der Waals surface area (Å²) in [4.78, 5) is 0. The van der Waals surface area contributed by atoms with Crippen molar-refractivity contribution in [3.63, 3.8) is 0 Å². The van der Waals surface area contributed by atoms with Gasteiger partial charge in [-0.25, -0.2) is 0 Å². The van der Waals surface area contributed by atoms with Gasteiger partial charge >= 0.3 is 256 Å². The number of benzene rings is 1. The van der Waals surface area contributed by atoms with Crippen LogP contribution in [0.2, 0.25) is 26.6 Å². The van der Waals surface area contributed by atoms with Gasteiger partial charge in [-0.1, -0.05) is 0 Å². The van der Waals surface area contributed by atoms with Crippen LogP contribution in [0.4, 0.5) is 13.2 Å². The van der Waals surface area contributed by atoms with E-state index in [1.807, 2.05) is 24.3 Å². The van der Waals surface area contributed by atoms with Crippen LogP contribution in [-0.4, -0.2) is 50.0 Å². The van der Waals surface area contributed by atoms with Crippen molar-refractivity contribution in [3.8, 4) is 5.75 Å². The Hall–Kier alpha value is 0.147. The Morgan fingerprint density at radius 1 is 0.575 bits per heavy atom. The second kappa shape index (κ2) is 20.2. The molecule has 1 nitrogen and oxygen atoms in total. The fraction of sp³-hybridized carbons (Fsp3) is 0.765. The Kier molecular flexibility index (Phi) is 19.2. The molecule has 0 radical (unpaired) electrons. The molecule has 232 valence electrons. The summed E-state index contributed by atoms with van der Waals surface area (Å²) in [5.74, 6) is 0.728. The molecule has 0 aliphatic rings. The normalized spacial score (nSPS) is 13.4. The summed E-state index contributed by atoms with van der Waals surface area (Å²) in [7, 11) is 1.64. The van der Waals surface area contributed by atoms with Gasteiger partial charge in [-0.3, -0.25) is 0 Å². The molecule has 0 atom stereocenters. The molecule has 0 saturated carbocycles. The number of alkyl halides is 3. The Labute approximate surface area is 254 Å². The van der Waals surface area contributed by atoms with Crippen molar-refractivity contribution < 1.29 is 17.9 Å². The topological polar surface area (TPSA) is 9.23 Å². The van der Waals surface area contributed by atoms with Crippen LogP contribution in [0.15, 0.2) is 27.9 Å². The van der Waals surface area contributed by atoms with E-state index in [0.717, 1.165) is 119 Å². The van der Waals surface area contributed by atoms with E-state index in [1.165, 1.54) is 0 Å². The average Bonchev–Trinajstić information content (AvgIpc) is 2.95. The van der Waals surface area contributed by atoms with Crippen LogP contribution in [-0.2, 0) is 0 Å². The van der Waals surface area contributed by atoms with Crippen molar-refractivity contribution in [3.05, 3.63) is 33.4 Å². The predicted molar refractivity (Wildman–Crippen MR) is 176 cm³/mol. The summed E-state index contributed by atoms with van der Waals surface area (Å²) < 4.78 is 60.5. The molecular weight excluding hydrogens is 719 g/mol. The van der Waals surface area contributed by atoms with Crippen molar-refractivity contribution in [1.29, 1.82) is 0 Å². The van der Waals surface area contributed by atoms with Gasteiger partial charge in [0, 0.05) is 0 Å². The van der Waals surface area contributed by atoms with Crippen molar-refractivity contribution in [1.82, 2.24) is 0 Å². The molecule has 1 rings (SSSR count). The molecule has 0 aromatic heterocycles. The molecule has 0 heterocycles. The van der Waals surface area contributed by atoms with Gasteiger partial charge in [0.05, 0.1) is 0 Å². The maximum atomic E-state index is 16.1. The van der Waals surface area contributed by atoms with Crippen molar-refractivity contribution in [2.75, 3.05) is 7.11 Å². The Morgan fingerprint density at radius 2 is 0.900 bits per heavy atom. The summed E-state index contributed by atoms with van der Waals surface area (Å²) in [6.45, 7) is 13.1. The molecule has 0 fully saturated rings. The minimum atomic E-state index is -4.24. The van der Waals surface area contributed by atoms with Gasteiger partial charge in [0.1, 0.15) is 0 Å². The van der Waals surface area contributed by atoms with Gasteiger partial charge in [0.15, 0.2) is 0 Å². The predicted octanol–water partition coefficient (Wildman–Crippen LogP) is 12.8. The van der Waals surface area contributed by atoms with Crippen molar-refractivity contribution in [2.45, 2.75) is 151 Å². The summed E-state index contributed by atoms with van der Waals surface area (Å²) in [5, 5.41) is 0. The van der Waals surface area contributed by atoms with Crippen LogP contribution in [0.5, 0.6) is 5.75 Å². The first-order valence-electron chi connectivity index (χ1n) is 16.6. The van der Waals surface area contributed by atoms with Crippen LogP contribution in [0.1, 0.15) is 124 Å². The number of unbranched alkanes of at least 4 members (excludes halogenated alkanes) is 6. The van der Waals surface area contributed by atoms with Gasteiger partial charge in [-0.2, -0.15) is 0 Å². The van der Waals surface area contributed by atoms with Crippen molar-refractivity contribution >= 4 is 40.3 Å². The number of ether oxygens (including phenoxy) is 1. The molecule has 0 aliphatic heterocycles. The van der Waals surface area contributed by atoms with Crippen LogP contribution in [0.25, 0.3) is 3.59 Å². The standard InChI is InChI=1S/C10H7F3O.6C4H9.2Sn/c1-14-9-4-2-8(3-5-9)6-7-10(11,12)13;6*1-3-4-2;;/h2-5H,1H3;6*1,3-4H2,2H3;;. The molecule has 40 heavy (non-hydrogen) atoms. The number of hydrogen-bond donors (Lipinski definition) is 0.